The summed E-state index contributed by atoms with van der Waals surface area (Å²) in [6.07, 6.45) is 8.60. The monoisotopic (exact) mass is 427 g/mol. The first-order chi connectivity index (χ1) is 14.3. The lowest BCUT2D eigenvalue weighted by molar-refractivity contribution is -0.00463. The van der Waals surface area contributed by atoms with E-state index in [0.717, 1.165) is 60.9 Å². The Hall–Kier alpha value is -1.78. The van der Waals surface area contributed by atoms with Crippen LogP contribution in [0.4, 0.5) is 5.69 Å². The second-order valence-corrected chi connectivity index (χ2v) is 10.3. The Balaban J connectivity index is 1.41. The van der Waals surface area contributed by atoms with Crippen molar-refractivity contribution in [2.24, 2.45) is 5.41 Å². The molecule has 2 N–H and O–H groups in total. The third-order valence-electron chi connectivity index (χ3n) is 6.51. The summed E-state index contributed by atoms with van der Waals surface area (Å²) >= 11 is 6.53. The lowest BCUT2D eigenvalue weighted by Gasteiger charge is -2.42. The lowest BCUT2D eigenvalue weighted by atomic mass is 9.70. The van der Waals surface area contributed by atoms with Crippen LogP contribution < -0.4 is 15.4 Å². The van der Waals surface area contributed by atoms with Crippen LogP contribution in [0.2, 0.25) is 5.02 Å². The molecule has 1 aliphatic carbocycles. The van der Waals surface area contributed by atoms with Crippen molar-refractivity contribution >= 4 is 17.3 Å². The standard InChI is InChI=1S/C25H34ClN3O/c1-24(2)11-4-12-25(3,17-24)30-22-8-5-18(15-28-22)16-29-23-20-10-14-27-13-9-19(20)6-7-21(23)26/h5-8,15,27,29H,4,9-14,16-17H2,1-3H3. The van der Waals surface area contributed by atoms with Gasteiger partial charge in [-0.05, 0) is 86.7 Å². The van der Waals surface area contributed by atoms with Crippen LogP contribution in [0.3, 0.4) is 0 Å². The number of nitrogens with one attached hydrogen (secondary N) is 2. The van der Waals surface area contributed by atoms with Gasteiger partial charge in [-0.1, -0.05) is 37.6 Å². The number of fused-ring (bicyclic) bond motifs is 1. The fourth-order valence-corrected chi connectivity index (χ4v) is 5.41. The van der Waals surface area contributed by atoms with Crippen molar-refractivity contribution in [3.8, 4) is 5.88 Å². The summed E-state index contributed by atoms with van der Waals surface area (Å²) in [6, 6.07) is 8.27. The average molecular weight is 428 g/mol. The molecule has 0 saturated heterocycles. The van der Waals surface area contributed by atoms with Gasteiger partial charge in [0.2, 0.25) is 5.88 Å². The van der Waals surface area contributed by atoms with Crippen molar-refractivity contribution in [1.29, 1.82) is 0 Å². The topological polar surface area (TPSA) is 46.2 Å². The Morgan fingerprint density at radius 1 is 1.10 bits per heavy atom. The normalized spacial score (nSPS) is 23.3. The molecule has 0 bridgehead atoms. The van der Waals surface area contributed by atoms with Gasteiger partial charge in [0.1, 0.15) is 5.60 Å². The number of pyridine rings is 1. The van der Waals surface area contributed by atoms with Crippen molar-refractivity contribution in [3.63, 3.8) is 0 Å². The molecule has 1 atom stereocenters. The number of anilines is 1. The van der Waals surface area contributed by atoms with Gasteiger partial charge in [-0.15, -0.1) is 0 Å². The molecular formula is C25H34ClN3O. The Morgan fingerprint density at radius 3 is 2.70 bits per heavy atom. The molecular weight excluding hydrogens is 394 g/mol. The molecule has 30 heavy (non-hydrogen) atoms. The Morgan fingerprint density at radius 2 is 1.93 bits per heavy atom. The summed E-state index contributed by atoms with van der Waals surface area (Å²) in [6.45, 7) is 9.60. The number of ether oxygens (including phenoxy) is 1. The van der Waals surface area contributed by atoms with Crippen LogP contribution in [-0.2, 0) is 19.4 Å². The smallest absolute Gasteiger partial charge is 0.213 e. The summed E-state index contributed by atoms with van der Waals surface area (Å²) in [5.41, 5.74) is 5.12. The zero-order chi connectivity index (χ0) is 21.2. The van der Waals surface area contributed by atoms with Crippen LogP contribution in [-0.4, -0.2) is 23.7 Å². The van der Waals surface area contributed by atoms with E-state index in [-0.39, 0.29) is 5.60 Å². The molecule has 1 aliphatic heterocycles. The van der Waals surface area contributed by atoms with Crippen LogP contribution in [0.5, 0.6) is 5.88 Å². The van der Waals surface area contributed by atoms with E-state index in [1.165, 1.54) is 24.0 Å². The zero-order valence-electron chi connectivity index (χ0n) is 18.5. The van der Waals surface area contributed by atoms with E-state index < -0.39 is 0 Å². The minimum atomic E-state index is -0.127. The number of aromatic nitrogens is 1. The number of hydrogen-bond acceptors (Lipinski definition) is 4. The number of rotatable bonds is 5. The summed E-state index contributed by atoms with van der Waals surface area (Å²) in [5.74, 6) is 0.719. The molecule has 1 aromatic heterocycles. The van der Waals surface area contributed by atoms with E-state index in [4.69, 9.17) is 16.3 Å². The molecule has 1 aromatic carbocycles. The van der Waals surface area contributed by atoms with Gasteiger partial charge in [-0.2, -0.15) is 0 Å². The highest BCUT2D eigenvalue weighted by Gasteiger charge is 2.38. The van der Waals surface area contributed by atoms with E-state index >= 15 is 0 Å². The third kappa shape index (κ3) is 5.09. The second kappa shape index (κ2) is 8.76. The molecule has 4 nitrogen and oxygen atoms in total. The Kier molecular flexibility index (Phi) is 6.26. The average Bonchev–Trinajstić information content (AvgIpc) is 2.93. The van der Waals surface area contributed by atoms with Crippen LogP contribution in [0.1, 0.15) is 63.1 Å². The van der Waals surface area contributed by atoms with Gasteiger partial charge in [0.15, 0.2) is 0 Å². The maximum Gasteiger partial charge on any atom is 0.213 e. The van der Waals surface area contributed by atoms with Crippen LogP contribution in [0, 0.1) is 5.41 Å². The van der Waals surface area contributed by atoms with Gasteiger partial charge >= 0.3 is 0 Å². The minimum absolute atomic E-state index is 0.127. The molecule has 0 radical (unpaired) electrons. The molecule has 162 valence electrons. The van der Waals surface area contributed by atoms with Gasteiger partial charge in [-0.3, -0.25) is 0 Å². The summed E-state index contributed by atoms with van der Waals surface area (Å²) in [4.78, 5) is 4.60. The predicted octanol–water partition coefficient (Wildman–Crippen LogP) is 5.77. The molecule has 0 amide bonds. The highest BCUT2D eigenvalue weighted by atomic mass is 35.5. The minimum Gasteiger partial charge on any atom is -0.471 e. The third-order valence-corrected chi connectivity index (χ3v) is 6.83. The van der Waals surface area contributed by atoms with E-state index in [2.05, 4.69) is 48.5 Å². The summed E-state index contributed by atoms with van der Waals surface area (Å²) < 4.78 is 6.34. The molecule has 2 heterocycles. The first-order valence-electron chi connectivity index (χ1n) is 11.2. The Bertz CT molecular complexity index is 881. The first-order valence-corrected chi connectivity index (χ1v) is 11.6. The number of halogens is 1. The quantitative estimate of drug-likeness (QED) is 0.635. The fourth-order valence-electron chi connectivity index (χ4n) is 5.17. The zero-order valence-corrected chi connectivity index (χ0v) is 19.2. The van der Waals surface area contributed by atoms with Crippen molar-refractivity contribution in [3.05, 3.63) is 52.2 Å². The van der Waals surface area contributed by atoms with Crippen molar-refractivity contribution in [1.82, 2.24) is 10.3 Å². The van der Waals surface area contributed by atoms with Crippen LogP contribution >= 0.6 is 11.6 Å². The van der Waals surface area contributed by atoms with Crippen LogP contribution in [0.25, 0.3) is 0 Å². The molecule has 1 fully saturated rings. The van der Waals surface area contributed by atoms with E-state index in [1.807, 2.05) is 18.3 Å². The van der Waals surface area contributed by atoms with E-state index in [0.29, 0.717) is 12.0 Å². The molecule has 5 heteroatoms. The van der Waals surface area contributed by atoms with Crippen LogP contribution in [0.15, 0.2) is 30.5 Å². The van der Waals surface area contributed by atoms with Gasteiger partial charge in [-0.25, -0.2) is 4.98 Å². The van der Waals surface area contributed by atoms with Gasteiger partial charge < -0.3 is 15.4 Å². The van der Waals surface area contributed by atoms with E-state index in [9.17, 15) is 0 Å². The molecule has 1 unspecified atom stereocenters. The molecule has 2 aromatic rings. The Labute approximate surface area is 185 Å². The van der Waals surface area contributed by atoms with Gasteiger partial charge in [0.25, 0.3) is 0 Å². The number of nitrogens with zero attached hydrogens (tertiary/aromatic N) is 1. The van der Waals surface area contributed by atoms with Crippen molar-refractivity contribution < 1.29 is 4.74 Å². The van der Waals surface area contributed by atoms with Gasteiger partial charge in [0, 0.05) is 18.8 Å². The number of benzene rings is 1. The highest BCUT2D eigenvalue weighted by Crippen LogP contribution is 2.42. The van der Waals surface area contributed by atoms with Gasteiger partial charge in [0.05, 0.1) is 10.7 Å². The van der Waals surface area contributed by atoms with Crippen molar-refractivity contribution in [2.75, 3.05) is 18.4 Å². The predicted molar refractivity (Wildman–Crippen MR) is 125 cm³/mol. The lowest BCUT2D eigenvalue weighted by Crippen LogP contribution is -2.41. The molecule has 0 spiro atoms. The largest absolute Gasteiger partial charge is 0.471 e. The first kappa shape index (κ1) is 21.5. The molecule has 2 aliphatic rings. The SMILES string of the molecule is CC1(C)CCCC(C)(Oc2ccc(CNc3c(Cl)ccc4c3CCNCC4)cn2)C1. The summed E-state index contributed by atoms with van der Waals surface area (Å²) in [5, 5.41) is 7.82. The maximum absolute atomic E-state index is 6.53. The number of hydrogen-bond donors (Lipinski definition) is 2. The molecule has 4 rings (SSSR count). The van der Waals surface area contributed by atoms with Crippen molar-refractivity contribution in [2.45, 2.75) is 71.4 Å². The second-order valence-electron chi connectivity index (χ2n) is 9.91. The summed E-state index contributed by atoms with van der Waals surface area (Å²) in [7, 11) is 0. The maximum atomic E-state index is 6.53. The van der Waals surface area contributed by atoms with E-state index in [1.54, 1.807) is 0 Å². The molecule has 1 saturated carbocycles. The fraction of sp³-hybridized carbons (Fsp3) is 0.560. The highest BCUT2D eigenvalue weighted by molar-refractivity contribution is 6.33.